The van der Waals surface area contributed by atoms with Gasteiger partial charge in [-0.1, -0.05) is 0 Å². The Balaban J connectivity index is 2.66. The average Bonchev–Trinajstić information content (AvgIpc) is 2.27. The van der Waals surface area contributed by atoms with E-state index in [2.05, 4.69) is 0 Å². The molecule has 92 valence electrons. The highest BCUT2D eigenvalue weighted by atomic mass is 16.6. The van der Waals surface area contributed by atoms with Gasteiger partial charge < -0.3 is 14.2 Å². The summed E-state index contributed by atoms with van der Waals surface area (Å²) in [6, 6.07) is 1.91. The SMILES string of the molecule is CC(=O)OCC1OC(C#N)C=C[C@@H]1OC(C)=O. The van der Waals surface area contributed by atoms with Crippen molar-refractivity contribution in [3.8, 4) is 6.07 Å². The lowest BCUT2D eigenvalue weighted by Crippen LogP contribution is -2.41. The molecule has 1 aliphatic heterocycles. The first-order valence-electron chi connectivity index (χ1n) is 5.07. The van der Waals surface area contributed by atoms with E-state index in [1.165, 1.54) is 19.9 Å². The number of ether oxygens (including phenoxy) is 3. The molecule has 1 rings (SSSR count). The molecular formula is C11H13NO5. The van der Waals surface area contributed by atoms with Crippen molar-refractivity contribution in [2.75, 3.05) is 6.61 Å². The molecule has 6 heteroatoms. The van der Waals surface area contributed by atoms with E-state index in [1.807, 2.05) is 6.07 Å². The molecule has 0 aromatic carbocycles. The topological polar surface area (TPSA) is 85.6 Å². The van der Waals surface area contributed by atoms with E-state index in [0.717, 1.165) is 0 Å². The van der Waals surface area contributed by atoms with Crippen LogP contribution < -0.4 is 0 Å². The zero-order valence-corrected chi connectivity index (χ0v) is 9.58. The van der Waals surface area contributed by atoms with Gasteiger partial charge in [-0.15, -0.1) is 0 Å². The molecule has 0 aromatic rings. The summed E-state index contributed by atoms with van der Waals surface area (Å²) in [5.74, 6) is -0.926. The van der Waals surface area contributed by atoms with E-state index >= 15 is 0 Å². The fraction of sp³-hybridized carbons (Fsp3) is 0.545. The molecule has 0 saturated heterocycles. The summed E-state index contributed by atoms with van der Waals surface area (Å²) in [5, 5.41) is 8.71. The molecule has 1 heterocycles. The van der Waals surface area contributed by atoms with Crippen molar-refractivity contribution in [1.29, 1.82) is 5.26 Å². The summed E-state index contributed by atoms with van der Waals surface area (Å²) >= 11 is 0. The fourth-order valence-electron chi connectivity index (χ4n) is 1.36. The summed E-state index contributed by atoms with van der Waals surface area (Å²) in [4.78, 5) is 21.6. The van der Waals surface area contributed by atoms with Gasteiger partial charge in [0.05, 0.1) is 6.07 Å². The van der Waals surface area contributed by atoms with Gasteiger partial charge in [-0.05, 0) is 12.2 Å². The number of nitriles is 1. The Morgan fingerprint density at radius 3 is 2.59 bits per heavy atom. The van der Waals surface area contributed by atoms with Crippen molar-refractivity contribution in [3.63, 3.8) is 0 Å². The first-order valence-corrected chi connectivity index (χ1v) is 5.07. The van der Waals surface area contributed by atoms with Gasteiger partial charge in [-0.25, -0.2) is 0 Å². The number of rotatable bonds is 3. The van der Waals surface area contributed by atoms with E-state index in [4.69, 9.17) is 19.5 Å². The number of carbonyl (C=O) groups excluding carboxylic acids is 2. The molecule has 1 aliphatic rings. The standard InChI is InChI=1S/C11H13NO5/c1-7(13)15-6-11-10(16-8(2)14)4-3-9(5-12)17-11/h3-4,9-11H,6H2,1-2H3/t9?,10-,11?/m0/s1. The van der Waals surface area contributed by atoms with Crippen molar-refractivity contribution in [2.45, 2.75) is 32.2 Å². The Kier molecular flexibility index (Phi) is 4.67. The van der Waals surface area contributed by atoms with Crippen LogP contribution >= 0.6 is 0 Å². The van der Waals surface area contributed by atoms with Crippen LogP contribution in [0.2, 0.25) is 0 Å². The van der Waals surface area contributed by atoms with Crippen LogP contribution in [0.5, 0.6) is 0 Å². The molecular weight excluding hydrogens is 226 g/mol. The normalized spacial score (nSPS) is 27.0. The van der Waals surface area contributed by atoms with Crippen LogP contribution in [0.3, 0.4) is 0 Å². The second kappa shape index (κ2) is 6.01. The Morgan fingerprint density at radius 2 is 2.06 bits per heavy atom. The molecule has 0 amide bonds. The lowest BCUT2D eigenvalue weighted by Gasteiger charge is -2.28. The zero-order chi connectivity index (χ0) is 12.8. The highest BCUT2D eigenvalue weighted by molar-refractivity contribution is 5.66. The van der Waals surface area contributed by atoms with Gasteiger partial charge in [0.1, 0.15) is 18.8 Å². The summed E-state index contributed by atoms with van der Waals surface area (Å²) in [7, 11) is 0. The van der Waals surface area contributed by atoms with Crippen LogP contribution in [0.15, 0.2) is 12.2 Å². The minimum absolute atomic E-state index is 0.0597. The Morgan fingerprint density at radius 1 is 1.35 bits per heavy atom. The third kappa shape index (κ3) is 4.25. The molecule has 0 fully saturated rings. The van der Waals surface area contributed by atoms with Crippen molar-refractivity contribution >= 4 is 11.9 Å². The van der Waals surface area contributed by atoms with Gasteiger partial charge in [0.2, 0.25) is 0 Å². The summed E-state index contributed by atoms with van der Waals surface area (Å²) in [6.07, 6.45) is 1.04. The van der Waals surface area contributed by atoms with Crippen molar-refractivity contribution in [3.05, 3.63) is 12.2 Å². The summed E-state index contributed by atoms with van der Waals surface area (Å²) in [6.45, 7) is 2.48. The fourth-order valence-corrected chi connectivity index (χ4v) is 1.36. The van der Waals surface area contributed by atoms with Crippen LogP contribution in [-0.2, 0) is 23.8 Å². The Labute approximate surface area is 98.7 Å². The summed E-state index contributed by atoms with van der Waals surface area (Å²) < 4.78 is 15.1. The minimum Gasteiger partial charge on any atom is -0.463 e. The highest BCUT2D eigenvalue weighted by Crippen LogP contribution is 2.16. The quantitative estimate of drug-likeness (QED) is 0.521. The molecule has 2 unspecified atom stereocenters. The molecule has 17 heavy (non-hydrogen) atoms. The summed E-state index contributed by atoms with van der Waals surface area (Å²) in [5.41, 5.74) is 0. The van der Waals surface area contributed by atoms with Gasteiger partial charge >= 0.3 is 11.9 Å². The van der Waals surface area contributed by atoms with Crippen LogP contribution in [0.4, 0.5) is 0 Å². The smallest absolute Gasteiger partial charge is 0.303 e. The predicted molar refractivity (Wildman–Crippen MR) is 55.6 cm³/mol. The van der Waals surface area contributed by atoms with Gasteiger partial charge in [-0.2, -0.15) is 5.26 Å². The molecule has 3 atom stereocenters. The largest absolute Gasteiger partial charge is 0.463 e. The van der Waals surface area contributed by atoms with Crippen LogP contribution in [0.25, 0.3) is 0 Å². The van der Waals surface area contributed by atoms with E-state index in [9.17, 15) is 9.59 Å². The van der Waals surface area contributed by atoms with E-state index in [-0.39, 0.29) is 6.61 Å². The lowest BCUT2D eigenvalue weighted by atomic mass is 10.1. The Hall–Kier alpha value is -1.87. The first kappa shape index (κ1) is 13.2. The van der Waals surface area contributed by atoms with Gasteiger partial charge in [0.15, 0.2) is 6.10 Å². The third-order valence-electron chi connectivity index (χ3n) is 2.04. The number of esters is 2. The number of nitrogens with zero attached hydrogens (tertiary/aromatic N) is 1. The maximum Gasteiger partial charge on any atom is 0.303 e. The second-order valence-electron chi connectivity index (χ2n) is 3.49. The van der Waals surface area contributed by atoms with Gasteiger partial charge in [0, 0.05) is 13.8 Å². The molecule has 0 aliphatic carbocycles. The zero-order valence-electron chi connectivity index (χ0n) is 9.58. The Bertz CT molecular complexity index is 371. The maximum absolute atomic E-state index is 10.9. The van der Waals surface area contributed by atoms with Crippen molar-refractivity contribution in [1.82, 2.24) is 0 Å². The van der Waals surface area contributed by atoms with Crippen molar-refractivity contribution in [2.24, 2.45) is 0 Å². The number of hydrogen-bond donors (Lipinski definition) is 0. The van der Waals surface area contributed by atoms with Crippen LogP contribution in [0.1, 0.15) is 13.8 Å². The van der Waals surface area contributed by atoms with Crippen LogP contribution in [0, 0.1) is 11.3 Å². The minimum atomic E-state index is -0.720. The van der Waals surface area contributed by atoms with E-state index in [1.54, 1.807) is 6.08 Å². The molecule has 0 bridgehead atoms. The monoisotopic (exact) mass is 239 g/mol. The number of carbonyl (C=O) groups is 2. The second-order valence-corrected chi connectivity index (χ2v) is 3.49. The highest BCUT2D eigenvalue weighted by Gasteiger charge is 2.30. The van der Waals surface area contributed by atoms with Gasteiger partial charge in [0.25, 0.3) is 0 Å². The predicted octanol–water partition coefficient (Wildman–Crippen LogP) is 0.328. The van der Waals surface area contributed by atoms with Gasteiger partial charge in [-0.3, -0.25) is 9.59 Å². The number of hydrogen-bond acceptors (Lipinski definition) is 6. The lowest BCUT2D eigenvalue weighted by molar-refractivity contribution is -0.161. The van der Waals surface area contributed by atoms with E-state index in [0.29, 0.717) is 0 Å². The first-order chi connectivity index (χ1) is 8.02. The molecule has 0 aromatic heterocycles. The molecule has 0 N–H and O–H groups in total. The van der Waals surface area contributed by atoms with E-state index < -0.39 is 30.3 Å². The third-order valence-corrected chi connectivity index (χ3v) is 2.04. The van der Waals surface area contributed by atoms with Crippen LogP contribution in [-0.4, -0.2) is 36.9 Å². The maximum atomic E-state index is 10.9. The van der Waals surface area contributed by atoms with Crippen molar-refractivity contribution < 1.29 is 23.8 Å². The average molecular weight is 239 g/mol. The molecule has 0 spiro atoms. The molecule has 6 nitrogen and oxygen atoms in total. The molecule has 0 radical (unpaired) electrons. The molecule has 0 saturated carbocycles.